The standard InChI is InChI=1S/C9H5Cl2NO.In/c10-6-4-7(11)9(13)8-5(6)2-1-3-12-8;/h1-4,13H;/i;1-4. The minimum Gasteiger partial charge on any atom is -0.504 e. The van der Waals surface area contributed by atoms with Crippen LogP contribution in [0.1, 0.15) is 0 Å². The van der Waals surface area contributed by atoms with Gasteiger partial charge < -0.3 is 5.11 Å². The van der Waals surface area contributed by atoms with E-state index in [2.05, 4.69) is 4.98 Å². The average Bonchev–Trinajstić information content (AvgIpc) is 2.15. The number of hydrogen-bond acceptors (Lipinski definition) is 2. The molecule has 1 heterocycles. The summed E-state index contributed by atoms with van der Waals surface area (Å²) < 4.78 is 0. The Morgan fingerprint density at radius 3 is 2.64 bits per heavy atom. The second kappa shape index (κ2) is 4.60. The van der Waals surface area contributed by atoms with Crippen LogP contribution < -0.4 is 0 Å². The minimum atomic E-state index is -0.0262. The van der Waals surface area contributed by atoms with E-state index in [0.29, 0.717) is 15.9 Å². The van der Waals surface area contributed by atoms with E-state index in [1.54, 1.807) is 18.3 Å². The first-order chi connectivity index (χ1) is 6.20. The van der Waals surface area contributed by atoms with Crippen LogP contribution in [0.4, 0.5) is 0 Å². The predicted molar refractivity (Wildman–Crippen MR) is 59.2 cm³/mol. The number of fused-ring (bicyclic) bond motifs is 1. The van der Waals surface area contributed by atoms with Gasteiger partial charge in [-0.25, -0.2) is 0 Å². The molecule has 5 heteroatoms. The molecule has 0 saturated carbocycles. The summed E-state index contributed by atoms with van der Waals surface area (Å²) in [5, 5.41) is 10.9. The molecule has 3 radical (unpaired) electrons. The smallest absolute Gasteiger partial charge is 0.160 e. The fourth-order valence-corrected chi connectivity index (χ4v) is 1.67. The Morgan fingerprint density at radius 2 is 1.93 bits per heavy atom. The molecular weight excluding hydrogens is 320 g/mol. The zero-order valence-electron chi connectivity index (χ0n) is 7.04. The van der Waals surface area contributed by atoms with Crippen LogP contribution in [0.5, 0.6) is 5.75 Å². The van der Waals surface area contributed by atoms with Crippen molar-refractivity contribution in [3.05, 3.63) is 34.4 Å². The second-order valence-corrected chi connectivity index (χ2v) is 3.40. The van der Waals surface area contributed by atoms with Gasteiger partial charge in [0.1, 0.15) is 5.52 Å². The molecule has 0 atom stereocenters. The van der Waals surface area contributed by atoms with Crippen LogP contribution in [0.15, 0.2) is 24.4 Å². The third-order valence-electron chi connectivity index (χ3n) is 1.77. The van der Waals surface area contributed by atoms with Gasteiger partial charge in [-0.3, -0.25) is 4.98 Å². The quantitative estimate of drug-likeness (QED) is 0.808. The number of phenolic OH excluding ortho intramolecular Hbond substituents is 1. The summed E-state index contributed by atoms with van der Waals surface area (Å²) in [6.45, 7) is 0. The van der Waals surface area contributed by atoms with Crippen molar-refractivity contribution in [2.75, 3.05) is 0 Å². The number of halogens is 2. The Bertz CT molecular complexity index is 476. The van der Waals surface area contributed by atoms with E-state index in [0.717, 1.165) is 0 Å². The summed E-state index contributed by atoms with van der Waals surface area (Å²) >= 11 is 11.6. The summed E-state index contributed by atoms with van der Waals surface area (Å²) in [5.41, 5.74) is 0.431. The van der Waals surface area contributed by atoms with Gasteiger partial charge in [0.25, 0.3) is 0 Å². The summed E-state index contributed by atoms with van der Waals surface area (Å²) in [6.07, 6.45) is 1.58. The van der Waals surface area contributed by atoms with E-state index in [1.165, 1.54) is 6.07 Å². The summed E-state index contributed by atoms with van der Waals surface area (Å²) in [4.78, 5) is 3.98. The van der Waals surface area contributed by atoms with Crippen molar-refractivity contribution in [3.8, 4) is 5.75 Å². The number of hydrogen-bond donors (Lipinski definition) is 1. The van der Waals surface area contributed by atoms with Gasteiger partial charge in [-0.2, -0.15) is 0 Å². The average molecular weight is 325 g/mol. The molecule has 2 aromatic rings. The van der Waals surface area contributed by atoms with E-state index in [4.69, 9.17) is 23.2 Å². The van der Waals surface area contributed by atoms with Crippen molar-refractivity contribution in [1.82, 2.24) is 4.98 Å². The van der Waals surface area contributed by atoms with Crippen molar-refractivity contribution in [1.29, 1.82) is 0 Å². The Labute approximate surface area is 110 Å². The topological polar surface area (TPSA) is 33.1 Å². The zero-order chi connectivity index (χ0) is 9.42. The minimum absolute atomic E-state index is 0. The number of pyridine rings is 1. The van der Waals surface area contributed by atoms with Crippen molar-refractivity contribution < 1.29 is 5.11 Å². The van der Waals surface area contributed by atoms with Crippen molar-refractivity contribution in [2.24, 2.45) is 0 Å². The fourth-order valence-electron chi connectivity index (χ4n) is 1.16. The van der Waals surface area contributed by atoms with E-state index >= 15 is 0 Å². The summed E-state index contributed by atoms with van der Waals surface area (Å²) in [6, 6.07) is 5.03. The molecule has 0 aliphatic heterocycles. The van der Waals surface area contributed by atoms with Crippen LogP contribution >= 0.6 is 23.2 Å². The maximum Gasteiger partial charge on any atom is 0.160 e. The van der Waals surface area contributed by atoms with Gasteiger partial charge in [0.2, 0.25) is 0 Å². The zero-order valence-corrected chi connectivity index (χ0v) is 11.8. The molecule has 0 unspecified atom stereocenters. The number of benzene rings is 1. The third kappa shape index (κ3) is 1.95. The summed E-state index contributed by atoms with van der Waals surface area (Å²) in [7, 11) is 0. The number of aromatic nitrogens is 1. The van der Waals surface area contributed by atoms with Crippen LogP contribution in [0.25, 0.3) is 10.9 Å². The molecule has 2 rings (SSSR count). The van der Waals surface area contributed by atoms with Gasteiger partial charge in [0, 0.05) is 37.4 Å². The van der Waals surface area contributed by atoms with E-state index < -0.39 is 0 Å². The van der Waals surface area contributed by atoms with Crippen LogP contribution in [-0.4, -0.2) is 35.9 Å². The SMILES string of the molecule is Oc1c(Cl)cc(Cl)c2cccnc12.[111In]. The van der Waals surface area contributed by atoms with E-state index in [9.17, 15) is 5.11 Å². The first kappa shape index (κ1) is 12.0. The molecular formula is C9H5Cl2InNO. The van der Waals surface area contributed by atoms with Gasteiger partial charge in [-0.15, -0.1) is 0 Å². The molecule has 0 spiro atoms. The van der Waals surface area contributed by atoms with Crippen LogP contribution in [0.2, 0.25) is 10.0 Å². The third-order valence-corrected chi connectivity index (χ3v) is 2.37. The maximum atomic E-state index is 9.53. The first-order valence-electron chi connectivity index (χ1n) is 3.62. The number of phenols is 1. The van der Waals surface area contributed by atoms with Gasteiger partial charge in [0.15, 0.2) is 5.75 Å². The van der Waals surface area contributed by atoms with Gasteiger partial charge >= 0.3 is 0 Å². The van der Waals surface area contributed by atoms with Crippen LogP contribution in [0, 0.1) is 0 Å². The predicted octanol–water partition coefficient (Wildman–Crippen LogP) is 2.87. The Kier molecular flexibility index (Phi) is 3.93. The molecule has 69 valence electrons. The molecule has 1 aromatic heterocycles. The van der Waals surface area contributed by atoms with Gasteiger partial charge in [0.05, 0.1) is 10.0 Å². The van der Waals surface area contributed by atoms with Crippen molar-refractivity contribution >= 4 is 59.9 Å². The molecule has 0 aliphatic carbocycles. The van der Waals surface area contributed by atoms with Crippen LogP contribution in [0.3, 0.4) is 0 Å². The molecule has 1 N–H and O–H groups in total. The molecule has 0 saturated heterocycles. The van der Waals surface area contributed by atoms with Gasteiger partial charge in [-0.1, -0.05) is 23.2 Å². The number of aromatic hydroxyl groups is 1. The Morgan fingerprint density at radius 1 is 1.21 bits per heavy atom. The molecule has 0 amide bonds. The van der Waals surface area contributed by atoms with E-state index in [1.807, 2.05) is 0 Å². The maximum absolute atomic E-state index is 9.53. The molecule has 2 nitrogen and oxygen atoms in total. The Hall–Kier alpha value is -0.120. The van der Waals surface area contributed by atoms with Crippen molar-refractivity contribution in [2.45, 2.75) is 0 Å². The van der Waals surface area contributed by atoms with Crippen molar-refractivity contribution in [3.63, 3.8) is 0 Å². The monoisotopic (exact) mass is 324 g/mol. The van der Waals surface area contributed by atoms with Gasteiger partial charge in [-0.05, 0) is 18.2 Å². The normalized spacial score (nSPS) is 9.86. The summed E-state index contributed by atoms with van der Waals surface area (Å²) in [5.74, 6) is -0.0262. The molecule has 0 bridgehead atoms. The molecule has 14 heavy (non-hydrogen) atoms. The van der Waals surface area contributed by atoms with E-state index in [-0.39, 0.29) is 36.6 Å². The fraction of sp³-hybridized carbons (Fsp3) is 0. The number of nitrogens with zero attached hydrogens (tertiary/aromatic N) is 1. The first-order valence-corrected chi connectivity index (χ1v) is 4.37. The second-order valence-electron chi connectivity index (χ2n) is 2.59. The molecule has 0 aliphatic rings. The van der Waals surface area contributed by atoms with Crippen LogP contribution in [-0.2, 0) is 0 Å². The molecule has 0 fully saturated rings. The molecule has 1 aromatic carbocycles. The number of rotatable bonds is 0. The Balaban J connectivity index is 0.000000980. The largest absolute Gasteiger partial charge is 0.504 e.